The molecule has 0 spiro atoms. The number of nitrogens with zero attached hydrogens (tertiary/aromatic N) is 1. The average Bonchev–Trinajstić information content (AvgIpc) is 2.78. The molecule has 0 aromatic carbocycles. The Labute approximate surface area is 104 Å². The molecule has 0 amide bonds. The molecule has 1 heterocycles. The smallest absolute Gasteiger partial charge is 0.117 e. The van der Waals surface area contributed by atoms with Crippen molar-refractivity contribution in [3.63, 3.8) is 0 Å². The van der Waals surface area contributed by atoms with Crippen molar-refractivity contribution >= 4 is 0 Å². The molecular formula is C14H24N2O. The Hall–Kier alpha value is -0.800. The molecular weight excluding hydrogens is 212 g/mol. The first-order chi connectivity index (χ1) is 8.38. The molecule has 0 radical (unpaired) electrons. The van der Waals surface area contributed by atoms with E-state index in [2.05, 4.69) is 17.1 Å². The van der Waals surface area contributed by atoms with E-state index in [0.717, 1.165) is 31.3 Å². The first-order valence-corrected chi connectivity index (χ1v) is 6.84. The van der Waals surface area contributed by atoms with E-state index in [1.807, 2.05) is 12.1 Å². The molecule has 1 aliphatic carbocycles. The molecule has 2 rings (SSSR count). The number of hydrogen-bond acceptors (Lipinski definition) is 3. The Morgan fingerprint density at radius 3 is 2.94 bits per heavy atom. The molecule has 0 aliphatic heterocycles. The molecule has 1 aromatic rings. The van der Waals surface area contributed by atoms with Gasteiger partial charge in [0.05, 0.1) is 12.8 Å². The molecule has 0 saturated heterocycles. The van der Waals surface area contributed by atoms with Crippen molar-refractivity contribution in [3.05, 3.63) is 24.2 Å². The van der Waals surface area contributed by atoms with Crippen LogP contribution in [-0.2, 0) is 6.54 Å². The SMILES string of the molecule is CCN(CCNCc1ccco1)CC1CCC1. The third-order valence-corrected chi connectivity index (χ3v) is 3.67. The average molecular weight is 236 g/mol. The fourth-order valence-electron chi connectivity index (χ4n) is 2.28. The van der Waals surface area contributed by atoms with E-state index in [0.29, 0.717) is 0 Å². The van der Waals surface area contributed by atoms with Crippen LogP contribution >= 0.6 is 0 Å². The minimum atomic E-state index is 0.841. The topological polar surface area (TPSA) is 28.4 Å². The van der Waals surface area contributed by atoms with Crippen molar-refractivity contribution in [2.24, 2.45) is 5.92 Å². The summed E-state index contributed by atoms with van der Waals surface area (Å²) in [6, 6.07) is 3.95. The van der Waals surface area contributed by atoms with Gasteiger partial charge in [0.25, 0.3) is 0 Å². The minimum Gasteiger partial charge on any atom is -0.468 e. The maximum absolute atomic E-state index is 5.28. The maximum atomic E-state index is 5.28. The van der Waals surface area contributed by atoms with Crippen LogP contribution in [0.25, 0.3) is 0 Å². The van der Waals surface area contributed by atoms with Crippen molar-refractivity contribution in [1.82, 2.24) is 10.2 Å². The van der Waals surface area contributed by atoms with Crippen LogP contribution in [-0.4, -0.2) is 31.1 Å². The second-order valence-corrected chi connectivity index (χ2v) is 4.95. The molecule has 0 atom stereocenters. The van der Waals surface area contributed by atoms with E-state index in [1.54, 1.807) is 6.26 Å². The fraction of sp³-hybridized carbons (Fsp3) is 0.714. The van der Waals surface area contributed by atoms with Gasteiger partial charge in [0, 0.05) is 19.6 Å². The Morgan fingerprint density at radius 1 is 1.47 bits per heavy atom. The highest BCUT2D eigenvalue weighted by molar-refractivity contribution is 4.97. The van der Waals surface area contributed by atoms with E-state index >= 15 is 0 Å². The molecule has 3 heteroatoms. The van der Waals surface area contributed by atoms with E-state index in [1.165, 1.54) is 32.4 Å². The monoisotopic (exact) mass is 236 g/mol. The van der Waals surface area contributed by atoms with Gasteiger partial charge in [-0.25, -0.2) is 0 Å². The molecule has 1 saturated carbocycles. The molecule has 1 aromatic heterocycles. The van der Waals surface area contributed by atoms with Gasteiger partial charge in [0.2, 0.25) is 0 Å². The predicted octanol–water partition coefficient (Wildman–Crippen LogP) is 2.49. The van der Waals surface area contributed by atoms with Crippen LogP contribution in [0.4, 0.5) is 0 Å². The first-order valence-electron chi connectivity index (χ1n) is 6.84. The molecule has 96 valence electrons. The van der Waals surface area contributed by atoms with Crippen LogP contribution in [0.3, 0.4) is 0 Å². The standard InChI is InChI=1S/C14H24N2O/c1-2-16(12-13-5-3-6-13)9-8-15-11-14-7-4-10-17-14/h4,7,10,13,15H,2-3,5-6,8-9,11-12H2,1H3. The zero-order valence-electron chi connectivity index (χ0n) is 10.8. The fourth-order valence-corrected chi connectivity index (χ4v) is 2.28. The van der Waals surface area contributed by atoms with Gasteiger partial charge in [-0.2, -0.15) is 0 Å². The van der Waals surface area contributed by atoms with Gasteiger partial charge in [0.15, 0.2) is 0 Å². The first kappa shape index (κ1) is 12.7. The predicted molar refractivity (Wildman–Crippen MR) is 69.9 cm³/mol. The molecule has 1 N–H and O–H groups in total. The number of nitrogens with one attached hydrogen (secondary N) is 1. The van der Waals surface area contributed by atoms with Crippen LogP contribution < -0.4 is 5.32 Å². The molecule has 0 unspecified atom stereocenters. The van der Waals surface area contributed by atoms with Crippen molar-refractivity contribution in [3.8, 4) is 0 Å². The highest BCUT2D eigenvalue weighted by Gasteiger charge is 2.19. The summed E-state index contributed by atoms with van der Waals surface area (Å²) in [4.78, 5) is 2.55. The molecule has 1 aliphatic rings. The van der Waals surface area contributed by atoms with E-state index in [-0.39, 0.29) is 0 Å². The number of rotatable bonds is 8. The largest absolute Gasteiger partial charge is 0.468 e. The van der Waals surface area contributed by atoms with Gasteiger partial charge in [-0.15, -0.1) is 0 Å². The summed E-state index contributed by atoms with van der Waals surface area (Å²) in [5, 5.41) is 3.43. The lowest BCUT2D eigenvalue weighted by Gasteiger charge is -2.31. The zero-order chi connectivity index (χ0) is 11.9. The third kappa shape index (κ3) is 4.17. The summed E-state index contributed by atoms with van der Waals surface area (Å²) in [6.07, 6.45) is 6.05. The minimum absolute atomic E-state index is 0.841. The second-order valence-electron chi connectivity index (χ2n) is 4.95. The normalized spacial score (nSPS) is 16.4. The Kier molecular flexibility index (Phi) is 5.08. The summed E-state index contributed by atoms with van der Waals surface area (Å²) < 4.78 is 5.28. The van der Waals surface area contributed by atoms with Crippen molar-refractivity contribution in [2.45, 2.75) is 32.7 Å². The Morgan fingerprint density at radius 2 is 2.35 bits per heavy atom. The molecule has 17 heavy (non-hydrogen) atoms. The van der Waals surface area contributed by atoms with Gasteiger partial charge in [0.1, 0.15) is 5.76 Å². The van der Waals surface area contributed by atoms with Gasteiger partial charge < -0.3 is 14.6 Å². The summed E-state index contributed by atoms with van der Waals surface area (Å²) in [5.41, 5.74) is 0. The lowest BCUT2D eigenvalue weighted by molar-refractivity contribution is 0.184. The number of hydrogen-bond donors (Lipinski definition) is 1. The lowest BCUT2D eigenvalue weighted by Crippen LogP contribution is -2.37. The van der Waals surface area contributed by atoms with Crippen molar-refractivity contribution in [1.29, 1.82) is 0 Å². The Bertz CT molecular complexity index is 293. The maximum Gasteiger partial charge on any atom is 0.117 e. The zero-order valence-corrected chi connectivity index (χ0v) is 10.8. The molecule has 0 bridgehead atoms. The van der Waals surface area contributed by atoms with Crippen LogP contribution in [0.5, 0.6) is 0 Å². The third-order valence-electron chi connectivity index (χ3n) is 3.67. The summed E-state index contributed by atoms with van der Waals surface area (Å²) in [6.45, 7) is 7.74. The van der Waals surface area contributed by atoms with Gasteiger partial charge in [-0.1, -0.05) is 13.3 Å². The van der Waals surface area contributed by atoms with Crippen LogP contribution in [0.2, 0.25) is 0 Å². The second kappa shape index (κ2) is 6.82. The van der Waals surface area contributed by atoms with Gasteiger partial charge in [-0.3, -0.25) is 0 Å². The quantitative estimate of drug-likeness (QED) is 0.703. The summed E-state index contributed by atoms with van der Waals surface area (Å²) in [5.74, 6) is 1.99. The van der Waals surface area contributed by atoms with Gasteiger partial charge >= 0.3 is 0 Å². The van der Waals surface area contributed by atoms with E-state index < -0.39 is 0 Å². The lowest BCUT2D eigenvalue weighted by atomic mass is 9.85. The number of furan rings is 1. The van der Waals surface area contributed by atoms with Crippen molar-refractivity contribution in [2.75, 3.05) is 26.2 Å². The Balaban J connectivity index is 1.55. The van der Waals surface area contributed by atoms with Crippen LogP contribution in [0, 0.1) is 5.92 Å². The molecule has 1 fully saturated rings. The van der Waals surface area contributed by atoms with Crippen LogP contribution in [0.1, 0.15) is 31.9 Å². The van der Waals surface area contributed by atoms with E-state index in [4.69, 9.17) is 4.42 Å². The number of likely N-dealkylation sites (N-methyl/N-ethyl adjacent to an activating group) is 1. The highest BCUT2D eigenvalue weighted by Crippen LogP contribution is 2.26. The van der Waals surface area contributed by atoms with Crippen molar-refractivity contribution < 1.29 is 4.42 Å². The van der Waals surface area contributed by atoms with Crippen LogP contribution in [0.15, 0.2) is 22.8 Å². The molecule has 3 nitrogen and oxygen atoms in total. The summed E-state index contributed by atoms with van der Waals surface area (Å²) >= 11 is 0. The van der Waals surface area contributed by atoms with Gasteiger partial charge in [-0.05, 0) is 37.4 Å². The van der Waals surface area contributed by atoms with E-state index in [9.17, 15) is 0 Å². The highest BCUT2D eigenvalue weighted by atomic mass is 16.3. The summed E-state index contributed by atoms with van der Waals surface area (Å²) in [7, 11) is 0.